The number of hydrogen-bond donors (Lipinski definition) is 2. The van der Waals surface area contributed by atoms with E-state index in [1.807, 2.05) is 6.26 Å². The summed E-state index contributed by atoms with van der Waals surface area (Å²) in [5, 5.41) is 3.65. The number of anilines is 1. The third kappa shape index (κ3) is 4.70. The van der Waals surface area contributed by atoms with Gasteiger partial charge in [0.15, 0.2) is 5.16 Å². The Hall–Kier alpha value is -2.19. The van der Waals surface area contributed by atoms with Crippen molar-refractivity contribution in [2.45, 2.75) is 24.9 Å². The number of hydrogen-bond acceptors (Lipinski definition) is 6. The average Bonchev–Trinajstić information content (AvgIpc) is 2.61. The zero-order chi connectivity index (χ0) is 19.3. The van der Waals surface area contributed by atoms with Crippen molar-refractivity contribution in [3.05, 3.63) is 38.8 Å². The SMILES string of the molecule is COc1cc(OC)c(NC(=O)CCc2c(C)nc(SC)[nH]c2=O)cc1Cl. The van der Waals surface area contributed by atoms with Gasteiger partial charge in [-0.1, -0.05) is 23.4 Å². The van der Waals surface area contributed by atoms with Crippen LogP contribution in [0.1, 0.15) is 17.7 Å². The predicted molar refractivity (Wildman–Crippen MR) is 103 cm³/mol. The molecule has 1 aromatic carbocycles. The van der Waals surface area contributed by atoms with Crippen molar-refractivity contribution < 1.29 is 14.3 Å². The van der Waals surface area contributed by atoms with E-state index < -0.39 is 0 Å². The van der Waals surface area contributed by atoms with Crippen LogP contribution in [0.3, 0.4) is 0 Å². The molecule has 0 aliphatic rings. The lowest BCUT2D eigenvalue weighted by molar-refractivity contribution is -0.116. The second-order valence-corrected chi connectivity index (χ2v) is 6.58. The fourth-order valence-electron chi connectivity index (χ4n) is 2.38. The van der Waals surface area contributed by atoms with Gasteiger partial charge in [0, 0.05) is 23.7 Å². The number of amides is 1. The number of benzene rings is 1. The monoisotopic (exact) mass is 397 g/mol. The molecule has 1 amide bonds. The number of rotatable bonds is 7. The second kappa shape index (κ2) is 8.95. The van der Waals surface area contributed by atoms with Crippen molar-refractivity contribution in [2.24, 2.45) is 0 Å². The van der Waals surface area contributed by atoms with Crippen LogP contribution in [0.25, 0.3) is 0 Å². The number of halogens is 1. The molecule has 0 saturated carbocycles. The largest absolute Gasteiger partial charge is 0.495 e. The maximum Gasteiger partial charge on any atom is 0.254 e. The van der Waals surface area contributed by atoms with E-state index in [9.17, 15) is 9.59 Å². The van der Waals surface area contributed by atoms with Crippen LogP contribution in [0, 0.1) is 6.92 Å². The molecule has 0 aliphatic carbocycles. The molecular weight excluding hydrogens is 378 g/mol. The lowest BCUT2D eigenvalue weighted by Crippen LogP contribution is -2.20. The van der Waals surface area contributed by atoms with E-state index in [-0.39, 0.29) is 24.3 Å². The van der Waals surface area contributed by atoms with Gasteiger partial charge in [0.05, 0.1) is 24.9 Å². The van der Waals surface area contributed by atoms with Gasteiger partial charge in [-0.3, -0.25) is 9.59 Å². The number of thioether (sulfide) groups is 1. The molecule has 140 valence electrons. The summed E-state index contributed by atoms with van der Waals surface area (Å²) in [4.78, 5) is 31.4. The van der Waals surface area contributed by atoms with Crippen LogP contribution in [0.2, 0.25) is 5.02 Å². The zero-order valence-electron chi connectivity index (χ0n) is 14.9. The molecule has 26 heavy (non-hydrogen) atoms. The molecule has 0 aliphatic heterocycles. The highest BCUT2D eigenvalue weighted by atomic mass is 35.5. The first-order valence-electron chi connectivity index (χ1n) is 7.74. The Morgan fingerprint density at radius 1 is 1.31 bits per heavy atom. The maximum atomic E-state index is 12.3. The summed E-state index contributed by atoms with van der Waals surface area (Å²) in [5.41, 5.74) is 1.33. The van der Waals surface area contributed by atoms with Crippen LogP contribution in [0.4, 0.5) is 5.69 Å². The van der Waals surface area contributed by atoms with Gasteiger partial charge in [0.1, 0.15) is 11.5 Å². The third-order valence-corrected chi connectivity index (χ3v) is 4.62. The van der Waals surface area contributed by atoms with E-state index in [4.69, 9.17) is 21.1 Å². The summed E-state index contributed by atoms with van der Waals surface area (Å²) >= 11 is 7.46. The summed E-state index contributed by atoms with van der Waals surface area (Å²) in [6, 6.07) is 3.15. The highest BCUT2D eigenvalue weighted by molar-refractivity contribution is 7.98. The molecule has 0 radical (unpaired) electrons. The van der Waals surface area contributed by atoms with Gasteiger partial charge in [-0.15, -0.1) is 0 Å². The Labute approximate surface area is 160 Å². The summed E-state index contributed by atoms with van der Waals surface area (Å²) < 4.78 is 10.4. The summed E-state index contributed by atoms with van der Waals surface area (Å²) in [5.74, 6) is 0.612. The number of ether oxygens (including phenoxy) is 2. The van der Waals surface area contributed by atoms with Crippen LogP contribution in [0.15, 0.2) is 22.1 Å². The minimum Gasteiger partial charge on any atom is -0.495 e. The number of methoxy groups -OCH3 is 2. The first-order valence-corrected chi connectivity index (χ1v) is 9.35. The van der Waals surface area contributed by atoms with Gasteiger partial charge in [-0.2, -0.15) is 0 Å². The molecule has 0 bridgehead atoms. The van der Waals surface area contributed by atoms with E-state index in [0.717, 1.165) is 0 Å². The van der Waals surface area contributed by atoms with Crippen LogP contribution < -0.4 is 20.3 Å². The number of carbonyl (C=O) groups is 1. The number of H-pyrrole nitrogens is 1. The smallest absolute Gasteiger partial charge is 0.254 e. The molecule has 2 rings (SSSR count). The van der Waals surface area contributed by atoms with E-state index in [0.29, 0.717) is 38.6 Å². The Morgan fingerprint density at radius 3 is 2.58 bits per heavy atom. The zero-order valence-corrected chi connectivity index (χ0v) is 16.5. The summed E-state index contributed by atoms with van der Waals surface area (Å²) in [6.45, 7) is 1.76. The maximum absolute atomic E-state index is 12.3. The number of aromatic amines is 1. The molecule has 0 fully saturated rings. The van der Waals surface area contributed by atoms with Crippen LogP contribution in [-0.2, 0) is 11.2 Å². The fraction of sp³-hybridized carbons (Fsp3) is 0.353. The van der Waals surface area contributed by atoms with Crippen molar-refractivity contribution in [1.82, 2.24) is 9.97 Å². The normalized spacial score (nSPS) is 10.5. The molecule has 9 heteroatoms. The van der Waals surface area contributed by atoms with Crippen LogP contribution in [-0.4, -0.2) is 36.4 Å². The van der Waals surface area contributed by atoms with E-state index >= 15 is 0 Å². The summed E-state index contributed by atoms with van der Waals surface area (Å²) in [7, 11) is 2.98. The Balaban J connectivity index is 2.11. The predicted octanol–water partition coefficient (Wildman–Crippen LogP) is 3.04. The molecule has 7 nitrogen and oxygen atoms in total. The molecule has 0 spiro atoms. The van der Waals surface area contributed by atoms with Gasteiger partial charge in [0.25, 0.3) is 5.56 Å². The lowest BCUT2D eigenvalue weighted by atomic mass is 10.1. The molecule has 1 aromatic heterocycles. The standard InChI is InChI=1S/C17H20ClN3O4S/c1-9-10(16(23)21-17(19-9)26-4)5-6-15(22)20-12-7-11(18)13(24-2)8-14(12)25-3/h7-8H,5-6H2,1-4H3,(H,20,22)(H,19,21,23). The average molecular weight is 398 g/mol. The van der Waals surface area contributed by atoms with Crippen molar-refractivity contribution in [3.8, 4) is 11.5 Å². The molecular formula is C17H20ClN3O4S. The van der Waals surface area contributed by atoms with E-state index in [2.05, 4.69) is 15.3 Å². The number of nitrogens with zero attached hydrogens (tertiary/aromatic N) is 1. The number of aryl methyl sites for hydroxylation is 1. The highest BCUT2D eigenvalue weighted by Crippen LogP contribution is 2.35. The highest BCUT2D eigenvalue weighted by Gasteiger charge is 2.14. The minimum absolute atomic E-state index is 0.122. The number of carbonyl (C=O) groups excluding carboxylic acids is 1. The van der Waals surface area contributed by atoms with Gasteiger partial charge in [-0.05, 0) is 25.7 Å². The lowest BCUT2D eigenvalue weighted by Gasteiger charge is -2.13. The quantitative estimate of drug-likeness (QED) is 0.551. The van der Waals surface area contributed by atoms with Gasteiger partial charge >= 0.3 is 0 Å². The third-order valence-electron chi connectivity index (χ3n) is 3.74. The topological polar surface area (TPSA) is 93.3 Å². The Morgan fingerprint density at radius 2 is 2.00 bits per heavy atom. The molecule has 0 saturated heterocycles. The molecule has 1 heterocycles. The molecule has 0 unspecified atom stereocenters. The van der Waals surface area contributed by atoms with Crippen molar-refractivity contribution in [1.29, 1.82) is 0 Å². The fourth-order valence-corrected chi connectivity index (χ4v) is 3.05. The molecule has 2 N–H and O–H groups in total. The van der Waals surface area contributed by atoms with Gasteiger partial charge in [-0.25, -0.2) is 4.98 Å². The van der Waals surface area contributed by atoms with Gasteiger partial charge in [0.2, 0.25) is 5.91 Å². The van der Waals surface area contributed by atoms with E-state index in [1.54, 1.807) is 19.1 Å². The molecule has 2 aromatic rings. The second-order valence-electron chi connectivity index (χ2n) is 5.37. The summed E-state index contributed by atoms with van der Waals surface area (Å²) in [6.07, 6.45) is 2.23. The van der Waals surface area contributed by atoms with Crippen molar-refractivity contribution >= 4 is 35.0 Å². The van der Waals surface area contributed by atoms with Crippen molar-refractivity contribution in [2.75, 3.05) is 25.8 Å². The first-order chi connectivity index (χ1) is 12.4. The number of nitrogens with one attached hydrogen (secondary N) is 2. The van der Waals surface area contributed by atoms with Crippen LogP contribution in [0.5, 0.6) is 11.5 Å². The van der Waals surface area contributed by atoms with Gasteiger partial charge < -0.3 is 19.8 Å². The van der Waals surface area contributed by atoms with Crippen LogP contribution >= 0.6 is 23.4 Å². The van der Waals surface area contributed by atoms with E-state index in [1.165, 1.54) is 26.0 Å². The number of aromatic nitrogens is 2. The Bertz CT molecular complexity index is 870. The first kappa shape index (κ1) is 20.1. The minimum atomic E-state index is -0.266. The van der Waals surface area contributed by atoms with Crippen molar-refractivity contribution in [3.63, 3.8) is 0 Å². The molecule has 0 atom stereocenters. The Kier molecular flexibility index (Phi) is 6.93.